The van der Waals surface area contributed by atoms with Gasteiger partial charge in [0.05, 0.1) is 11.1 Å². The Hall–Kier alpha value is -4.59. The first-order chi connectivity index (χ1) is 16.6. The fraction of sp³-hybridized carbons (Fsp3) is 0.115. The number of para-hydroxylation sites is 1. The van der Waals surface area contributed by atoms with Gasteiger partial charge in [0, 0.05) is 24.2 Å². The van der Waals surface area contributed by atoms with Crippen molar-refractivity contribution in [1.82, 2.24) is 25.0 Å². The Balaban J connectivity index is 1.45. The van der Waals surface area contributed by atoms with E-state index in [4.69, 9.17) is 4.52 Å². The van der Waals surface area contributed by atoms with Gasteiger partial charge in [-0.2, -0.15) is 4.98 Å². The predicted octanol–water partition coefficient (Wildman–Crippen LogP) is 3.74. The molecule has 3 aromatic heterocycles. The van der Waals surface area contributed by atoms with E-state index in [1.165, 1.54) is 10.6 Å². The van der Waals surface area contributed by atoms with Crippen molar-refractivity contribution in [2.45, 2.75) is 20.0 Å². The molecule has 0 unspecified atom stereocenters. The van der Waals surface area contributed by atoms with E-state index in [9.17, 15) is 9.59 Å². The quantitative estimate of drug-likeness (QED) is 0.422. The molecule has 8 nitrogen and oxygen atoms in total. The molecule has 0 bridgehead atoms. The monoisotopic (exact) mass is 451 g/mol. The minimum Gasteiger partial charge on any atom is -0.350 e. The average molecular weight is 451 g/mol. The third kappa shape index (κ3) is 4.33. The zero-order valence-corrected chi connectivity index (χ0v) is 18.4. The van der Waals surface area contributed by atoms with Crippen LogP contribution in [-0.2, 0) is 17.9 Å². The summed E-state index contributed by atoms with van der Waals surface area (Å²) in [5.74, 6) is 0.293. The van der Waals surface area contributed by atoms with E-state index >= 15 is 0 Å². The topological polar surface area (TPSA) is 103 Å². The second-order valence-corrected chi connectivity index (χ2v) is 7.90. The summed E-state index contributed by atoms with van der Waals surface area (Å²) in [6, 6.07) is 22.1. The van der Waals surface area contributed by atoms with Gasteiger partial charge in [-0.25, -0.2) is 0 Å². The molecule has 1 amide bonds. The Labute approximate surface area is 194 Å². The summed E-state index contributed by atoms with van der Waals surface area (Å²) < 4.78 is 6.90. The summed E-state index contributed by atoms with van der Waals surface area (Å²) >= 11 is 0. The van der Waals surface area contributed by atoms with Crippen LogP contribution in [0.15, 0.2) is 88.3 Å². The lowest BCUT2D eigenvalue weighted by atomic mass is 10.1. The van der Waals surface area contributed by atoms with E-state index in [1.54, 1.807) is 24.4 Å². The summed E-state index contributed by atoms with van der Waals surface area (Å²) in [6.07, 6.45) is 1.64. The number of hydrogen-bond donors (Lipinski definition) is 1. The Morgan fingerprint density at radius 1 is 1.03 bits per heavy atom. The number of carbonyl (C=O) groups is 1. The number of rotatable bonds is 6. The molecule has 0 saturated heterocycles. The number of carbonyl (C=O) groups excluding carboxylic acids is 1. The molecule has 5 aromatic rings. The smallest absolute Gasteiger partial charge is 0.259 e. The summed E-state index contributed by atoms with van der Waals surface area (Å²) in [5, 5.41) is 7.62. The van der Waals surface area contributed by atoms with Crippen LogP contribution in [0.2, 0.25) is 0 Å². The lowest BCUT2D eigenvalue weighted by molar-refractivity contribution is -0.121. The van der Waals surface area contributed by atoms with Gasteiger partial charge in [0.1, 0.15) is 12.2 Å². The lowest BCUT2D eigenvalue weighted by Gasteiger charge is -2.12. The molecule has 0 atom stereocenters. The van der Waals surface area contributed by atoms with E-state index in [2.05, 4.69) is 20.4 Å². The predicted molar refractivity (Wildman–Crippen MR) is 128 cm³/mol. The normalized spacial score (nSPS) is 11.0. The van der Waals surface area contributed by atoms with Crippen molar-refractivity contribution in [3.63, 3.8) is 0 Å². The van der Waals surface area contributed by atoms with E-state index in [1.807, 2.05) is 55.5 Å². The zero-order valence-electron chi connectivity index (χ0n) is 18.4. The van der Waals surface area contributed by atoms with Crippen LogP contribution in [-0.4, -0.2) is 25.6 Å². The molecule has 2 aromatic carbocycles. The number of aryl methyl sites for hydroxylation is 1. The summed E-state index contributed by atoms with van der Waals surface area (Å²) in [7, 11) is 0. The number of nitrogens with zero attached hydrogens (tertiary/aromatic N) is 4. The average Bonchev–Trinajstić information content (AvgIpc) is 3.35. The molecule has 8 heteroatoms. The summed E-state index contributed by atoms with van der Waals surface area (Å²) in [6.45, 7) is 2.29. The third-order valence-corrected chi connectivity index (χ3v) is 5.44. The third-order valence-electron chi connectivity index (χ3n) is 5.44. The Morgan fingerprint density at radius 2 is 1.88 bits per heavy atom. The molecule has 0 saturated carbocycles. The lowest BCUT2D eigenvalue weighted by Crippen LogP contribution is -2.32. The van der Waals surface area contributed by atoms with Crippen molar-refractivity contribution in [2.24, 2.45) is 0 Å². The highest BCUT2D eigenvalue weighted by Crippen LogP contribution is 2.27. The molecular formula is C26H21N5O3. The van der Waals surface area contributed by atoms with Gasteiger partial charge in [0.2, 0.25) is 11.7 Å². The molecule has 3 heterocycles. The highest BCUT2D eigenvalue weighted by atomic mass is 16.5. The van der Waals surface area contributed by atoms with Crippen LogP contribution in [0.4, 0.5) is 0 Å². The van der Waals surface area contributed by atoms with E-state index in [0.29, 0.717) is 29.1 Å². The van der Waals surface area contributed by atoms with E-state index < -0.39 is 0 Å². The van der Waals surface area contributed by atoms with Crippen LogP contribution < -0.4 is 10.9 Å². The Morgan fingerprint density at radius 3 is 2.71 bits per heavy atom. The number of pyridine rings is 2. The van der Waals surface area contributed by atoms with Crippen LogP contribution in [0.5, 0.6) is 0 Å². The van der Waals surface area contributed by atoms with Crippen molar-refractivity contribution in [3.8, 4) is 23.0 Å². The summed E-state index contributed by atoms with van der Waals surface area (Å²) in [5.41, 5.74) is 3.47. The van der Waals surface area contributed by atoms with Crippen molar-refractivity contribution in [3.05, 3.63) is 100 Å². The number of nitrogens with one attached hydrogen (secondary N) is 1. The number of benzene rings is 2. The van der Waals surface area contributed by atoms with Gasteiger partial charge in [0.15, 0.2) is 0 Å². The number of aromatic nitrogens is 4. The second kappa shape index (κ2) is 9.11. The van der Waals surface area contributed by atoms with E-state index in [-0.39, 0.29) is 23.9 Å². The van der Waals surface area contributed by atoms with Gasteiger partial charge >= 0.3 is 0 Å². The van der Waals surface area contributed by atoms with E-state index in [0.717, 1.165) is 16.5 Å². The first-order valence-corrected chi connectivity index (χ1v) is 10.8. The molecule has 1 N–H and O–H groups in total. The van der Waals surface area contributed by atoms with Gasteiger partial charge in [-0.15, -0.1) is 0 Å². The molecule has 0 fully saturated rings. The van der Waals surface area contributed by atoms with Crippen molar-refractivity contribution in [1.29, 1.82) is 0 Å². The second-order valence-electron chi connectivity index (χ2n) is 7.90. The minimum absolute atomic E-state index is 0.103. The number of fused-ring (bicyclic) bond motifs is 1. The first kappa shape index (κ1) is 21.3. The van der Waals surface area contributed by atoms with Gasteiger partial charge in [-0.05, 0) is 30.7 Å². The van der Waals surface area contributed by atoms with Crippen LogP contribution in [0.1, 0.15) is 11.1 Å². The fourth-order valence-corrected chi connectivity index (χ4v) is 3.83. The van der Waals surface area contributed by atoms with Crippen molar-refractivity contribution < 1.29 is 9.32 Å². The zero-order chi connectivity index (χ0) is 23.5. The molecule has 0 spiro atoms. The first-order valence-electron chi connectivity index (χ1n) is 10.8. The molecule has 0 aliphatic carbocycles. The van der Waals surface area contributed by atoms with Gasteiger partial charge in [-0.3, -0.25) is 19.1 Å². The van der Waals surface area contributed by atoms with Crippen LogP contribution in [0.25, 0.3) is 33.9 Å². The molecule has 0 aliphatic heterocycles. The number of amides is 1. The number of hydrogen-bond acceptors (Lipinski definition) is 6. The molecule has 0 radical (unpaired) electrons. The molecule has 168 valence electrons. The van der Waals surface area contributed by atoms with Gasteiger partial charge in [0.25, 0.3) is 11.4 Å². The van der Waals surface area contributed by atoms with Gasteiger partial charge in [-0.1, -0.05) is 59.3 Å². The van der Waals surface area contributed by atoms with Crippen molar-refractivity contribution in [2.75, 3.05) is 0 Å². The molecule has 34 heavy (non-hydrogen) atoms. The van der Waals surface area contributed by atoms with Gasteiger partial charge < -0.3 is 9.84 Å². The molecule has 5 rings (SSSR count). The molecular weight excluding hydrogens is 430 g/mol. The minimum atomic E-state index is -0.336. The fourth-order valence-electron chi connectivity index (χ4n) is 3.83. The maximum absolute atomic E-state index is 13.0. The SMILES string of the molecule is Cc1cccc(CNC(=O)Cn2c(=O)cc(-c3nc(-c4ccccn4)no3)c3ccccc32)c1. The van der Waals surface area contributed by atoms with Crippen molar-refractivity contribution >= 4 is 16.8 Å². The Bertz CT molecular complexity index is 1540. The Kier molecular flexibility index (Phi) is 5.70. The largest absolute Gasteiger partial charge is 0.350 e. The maximum atomic E-state index is 13.0. The summed E-state index contributed by atoms with van der Waals surface area (Å²) in [4.78, 5) is 34.4. The molecule has 0 aliphatic rings. The highest BCUT2D eigenvalue weighted by Gasteiger charge is 2.18. The standard InChI is InChI=1S/C26H21N5O3/c1-17-7-6-8-18(13-17)15-28-23(32)16-31-22-11-3-2-9-19(22)20(14-24(31)33)26-29-25(30-34-26)21-10-4-5-12-27-21/h2-14H,15-16H2,1H3,(H,28,32). The van der Waals surface area contributed by atoms with Crippen LogP contribution in [0.3, 0.4) is 0 Å². The van der Waals surface area contributed by atoms with Crippen LogP contribution >= 0.6 is 0 Å². The maximum Gasteiger partial charge on any atom is 0.259 e. The highest BCUT2D eigenvalue weighted by molar-refractivity contribution is 5.93. The van der Waals surface area contributed by atoms with Crippen LogP contribution in [0, 0.1) is 6.92 Å².